The molecule has 1 aromatic carbocycles. The number of ether oxygens (including phenoxy) is 1. The zero-order valence-corrected chi connectivity index (χ0v) is 13.8. The van der Waals surface area contributed by atoms with E-state index in [0.717, 1.165) is 16.9 Å². The maximum absolute atomic E-state index is 12.2. The SMILES string of the molecule is CCn1cc(C#Cc2cccc(OC)c2)cc1C(=O)N(C)OC. The summed E-state index contributed by atoms with van der Waals surface area (Å²) in [4.78, 5) is 17.2. The summed E-state index contributed by atoms with van der Waals surface area (Å²) < 4.78 is 7.04. The number of hydrogen-bond acceptors (Lipinski definition) is 3. The number of hydrogen-bond donors (Lipinski definition) is 0. The van der Waals surface area contributed by atoms with E-state index in [9.17, 15) is 4.79 Å². The number of amides is 1. The molecule has 0 spiro atoms. The van der Waals surface area contributed by atoms with Gasteiger partial charge in [-0.2, -0.15) is 0 Å². The predicted molar refractivity (Wildman–Crippen MR) is 88.2 cm³/mol. The normalized spacial score (nSPS) is 9.91. The molecule has 2 rings (SSSR count). The van der Waals surface area contributed by atoms with E-state index in [1.54, 1.807) is 20.2 Å². The highest BCUT2D eigenvalue weighted by Crippen LogP contribution is 2.13. The van der Waals surface area contributed by atoms with Crippen molar-refractivity contribution < 1.29 is 14.4 Å². The number of hydroxylamine groups is 2. The van der Waals surface area contributed by atoms with Crippen LogP contribution in [0, 0.1) is 11.8 Å². The molecular weight excluding hydrogens is 292 g/mol. The third kappa shape index (κ3) is 3.93. The molecule has 0 fully saturated rings. The Morgan fingerprint density at radius 2 is 1.96 bits per heavy atom. The average molecular weight is 312 g/mol. The predicted octanol–water partition coefficient (Wildman–Crippen LogP) is 2.55. The topological polar surface area (TPSA) is 43.7 Å². The van der Waals surface area contributed by atoms with Gasteiger partial charge in [0.15, 0.2) is 0 Å². The van der Waals surface area contributed by atoms with Crippen LogP contribution < -0.4 is 4.74 Å². The fraction of sp³-hybridized carbons (Fsp3) is 0.278. The summed E-state index contributed by atoms with van der Waals surface area (Å²) in [7, 11) is 4.66. The van der Waals surface area contributed by atoms with Crippen molar-refractivity contribution in [3.63, 3.8) is 0 Å². The lowest BCUT2D eigenvalue weighted by Gasteiger charge is -2.14. The van der Waals surface area contributed by atoms with Gasteiger partial charge in [-0.1, -0.05) is 17.9 Å². The number of carbonyl (C=O) groups is 1. The maximum atomic E-state index is 12.2. The fourth-order valence-electron chi connectivity index (χ4n) is 2.11. The summed E-state index contributed by atoms with van der Waals surface area (Å²) in [6, 6.07) is 9.32. The molecule has 1 heterocycles. The molecule has 0 aliphatic carbocycles. The highest BCUT2D eigenvalue weighted by atomic mass is 16.7. The molecule has 0 saturated carbocycles. The van der Waals surface area contributed by atoms with E-state index >= 15 is 0 Å². The first-order valence-electron chi connectivity index (χ1n) is 7.27. The number of aryl methyl sites for hydroxylation is 1. The summed E-state index contributed by atoms with van der Waals surface area (Å²) in [5, 5.41) is 1.20. The van der Waals surface area contributed by atoms with Crippen molar-refractivity contribution in [2.24, 2.45) is 0 Å². The number of benzene rings is 1. The van der Waals surface area contributed by atoms with Crippen LogP contribution in [-0.4, -0.2) is 36.8 Å². The van der Waals surface area contributed by atoms with E-state index in [-0.39, 0.29) is 5.91 Å². The summed E-state index contributed by atoms with van der Waals surface area (Å²) >= 11 is 0. The third-order valence-corrected chi connectivity index (χ3v) is 3.44. The first kappa shape index (κ1) is 16.7. The van der Waals surface area contributed by atoms with Gasteiger partial charge < -0.3 is 9.30 Å². The second-order valence-corrected chi connectivity index (χ2v) is 4.87. The van der Waals surface area contributed by atoms with Crippen LogP contribution in [0.1, 0.15) is 28.5 Å². The molecule has 0 atom stereocenters. The first-order chi connectivity index (χ1) is 11.1. The van der Waals surface area contributed by atoms with E-state index in [1.807, 2.05) is 42.0 Å². The Kier molecular flexibility index (Phi) is 5.45. The Morgan fingerprint density at radius 3 is 2.61 bits per heavy atom. The number of methoxy groups -OCH3 is 1. The van der Waals surface area contributed by atoms with E-state index in [0.29, 0.717) is 12.2 Å². The van der Waals surface area contributed by atoms with Crippen LogP contribution >= 0.6 is 0 Å². The van der Waals surface area contributed by atoms with Gasteiger partial charge in [-0.25, -0.2) is 5.06 Å². The molecular formula is C18H20N2O3. The highest BCUT2D eigenvalue weighted by molar-refractivity contribution is 5.92. The lowest BCUT2D eigenvalue weighted by Crippen LogP contribution is -2.27. The number of carbonyl (C=O) groups excluding carboxylic acids is 1. The molecule has 0 aliphatic heterocycles. The molecule has 0 bridgehead atoms. The number of rotatable bonds is 4. The molecule has 0 unspecified atom stereocenters. The quantitative estimate of drug-likeness (QED) is 0.644. The van der Waals surface area contributed by atoms with Gasteiger partial charge in [-0.3, -0.25) is 9.63 Å². The molecule has 5 heteroatoms. The van der Waals surface area contributed by atoms with Gasteiger partial charge in [0.25, 0.3) is 5.91 Å². The number of nitrogens with zero attached hydrogens (tertiary/aromatic N) is 2. The van der Waals surface area contributed by atoms with Gasteiger partial charge in [-0.15, -0.1) is 0 Å². The van der Waals surface area contributed by atoms with Crippen molar-refractivity contribution in [3.8, 4) is 17.6 Å². The Morgan fingerprint density at radius 1 is 1.22 bits per heavy atom. The minimum atomic E-state index is -0.205. The van der Waals surface area contributed by atoms with E-state index < -0.39 is 0 Å². The Balaban J connectivity index is 2.30. The largest absolute Gasteiger partial charge is 0.497 e. The van der Waals surface area contributed by atoms with Crippen molar-refractivity contribution in [2.75, 3.05) is 21.3 Å². The van der Waals surface area contributed by atoms with E-state index in [2.05, 4.69) is 11.8 Å². The van der Waals surface area contributed by atoms with Crippen molar-refractivity contribution in [1.29, 1.82) is 0 Å². The minimum absolute atomic E-state index is 0.205. The Labute approximate surface area is 136 Å². The van der Waals surface area contributed by atoms with Gasteiger partial charge in [0.1, 0.15) is 11.4 Å². The standard InChI is InChI=1S/C18H20N2O3/c1-5-20-13-15(12-17(20)18(21)19(2)23-4)10-9-14-7-6-8-16(11-14)22-3/h6-8,11-13H,5H2,1-4H3. The molecule has 5 nitrogen and oxygen atoms in total. The second kappa shape index (κ2) is 7.52. The van der Waals surface area contributed by atoms with Crippen molar-refractivity contribution in [3.05, 3.63) is 53.3 Å². The first-order valence-corrected chi connectivity index (χ1v) is 7.27. The molecule has 120 valence electrons. The lowest BCUT2D eigenvalue weighted by atomic mass is 10.2. The Hall–Kier alpha value is -2.71. The summed E-state index contributed by atoms with van der Waals surface area (Å²) in [6.07, 6.45) is 1.86. The zero-order valence-electron chi connectivity index (χ0n) is 13.8. The molecule has 2 aromatic rings. The average Bonchev–Trinajstić information content (AvgIpc) is 3.02. The molecule has 1 aromatic heterocycles. The monoisotopic (exact) mass is 312 g/mol. The zero-order chi connectivity index (χ0) is 16.8. The minimum Gasteiger partial charge on any atom is -0.497 e. The maximum Gasteiger partial charge on any atom is 0.293 e. The van der Waals surface area contributed by atoms with Gasteiger partial charge >= 0.3 is 0 Å². The van der Waals surface area contributed by atoms with Crippen LogP contribution in [0.25, 0.3) is 0 Å². The van der Waals surface area contributed by atoms with Gasteiger partial charge in [0.2, 0.25) is 0 Å². The molecule has 0 radical (unpaired) electrons. The fourth-order valence-corrected chi connectivity index (χ4v) is 2.11. The molecule has 23 heavy (non-hydrogen) atoms. The molecule has 1 amide bonds. The van der Waals surface area contributed by atoms with E-state index in [4.69, 9.17) is 9.57 Å². The van der Waals surface area contributed by atoms with Crippen LogP contribution in [0.3, 0.4) is 0 Å². The molecule has 0 N–H and O–H groups in total. The van der Waals surface area contributed by atoms with Crippen molar-refractivity contribution >= 4 is 5.91 Å². The van der Waals surface area contributed by atoms with Crippen LogP contribution in [-0.2, 0) is 11.4 Å². The lowest BCUT2D eigenvalue weighted by molar-refractivity contribution is -0.0762. The molecule has 0 saturated heterocycles. The summed E-state index contributed by atoms with van der Waals surface area (Å²) in [5.41, 5.74) is 2.18. The van der Waals surface area contributed by atoms with Crippen LogP contribution in [0.15, 0.2) is 36.5 Å². The smallest absolute Gasteiger partial charge is 0.293 e. The van der Waals surface area contributed by atoms with Crippen LogP contribution in [0.5, 0.6) is 5.75 Å². The second-order valence-electron chi connectivity index (χ2n) is 4.87. The van der Waals surface area contributed by atoms with E-state index in [1.165, 1.54) is 12.2 Å². The molecule has 0 aliphatic rings. The van der Waals surface area contributed by atoms with Crippen LogP contribution in [0.4, 0.5) is 0 Å². The van der Waals surface area contributed by atoms with Gasteiger partial charge in [0.05, 0.1) is 14.2 Å². The van der Waals surface area contributed by atoms with Gasteiger partial charge in [0, 0.05) is 30.9 Å². The summed E-state index contributed by atoms with van der Waals surface area (Å²) in [6.45, 7) is 2.66. The summed E-state index contributed by atoms with van der Waals surface area (Å²) in [5.74, 6) is 6.72. The highest BCUT2D eigenvalue weighted by Gasteiger charge is 2.16. The van der Waals surface area contributed by atoms with Crippen molar-refractivity contribution in [2.45, 2.75) is 13.5 Å². The Bertz CT molecular complexity index is 753. The third-order valence-electron chi connectivity index (χ3n) is 3.44. The number of aromatic nitrogens is 1. The van der Waals surface area contributed by atoms with Crippen molar-refractivity contribution in [1.82, 2.24) is 9.63 Å². The van der Waals surface area contributed by atoms with Crippen LogP contribution in [0.2, 0.25) is 0 Å². The van der Waals surface area contributed by atoms with Gasteiger partial charge in [-0.05, 0) is 31.2 Å².